The van der Waals surface area contributed by atoms with Crippen molar-refractivity contribution >= 4 is 11.7 Å². The van der Waals surface area contributed by atoms with Crippen LogP contribution in [0.2, 0.25) is 0 Å². The summed E-state index contributed by atoms with van der Waals surface area (Å²) in [6.45, 7) is 7.34. The van der Waals surface area contributed by atoms with Crippen molar-refractivity contribution in [2.45, 2.75) is 32.9 Å². The van der Waals surface area contributed by atoms with Crippen molar-refractivity contribution in [1.82, 2.24) is 15.6 Å². The summed E-state index contributed by atoms with van der Waals surface area (Å²) in [6.07, 6.45) is 2.59. The van der Waals surface area contributed by atoms with E-state index in [9.17, 15) is 4.79 Å². The molecular weight excluding hydrogens is 240 g/mol. The van der Waals surface area contributed by atoms with Gasteiger partial charge in [-0.25, -0.2) is 4.98 Å². The molecule has 1 aromatic heterocycles. The Hall–Kier alpha value is -1.62. The maximum Gasteiger partial charge on any atom is 0.242 e. The highest BCUT2D eigenvalue weighted by Crippen LogP contribution is 2.22. The van der Waals surface area contributed by atoms with Crippen LogP contribution in [0.25, 0.3) is 0 Å². The zero-order chi connectivity index (χ0) is 13.7. The highest BCUT2D eigenvalue weighted by atomic mass is 16.2. The van der Waals surface area contributed by atoms with Crippen molar-refractivity contribution in [3.8, 4) is 0 Å². The Kier molecular flexibility index (Phi) is 4.74. The molecule has 0 saturated carbocycles. The molecule has 1 aliphatic heterocycles. The minimum absolute atomic E-state index is 0.105. The average molecular weight is 262 g/mol. The number of carbonyl (C=O) groups is 1. The van der Waals surface area contributed by atoms with Gasteiger partial charge < -0.3 is 15.5 Å². The number of hydrogen-bond acceptors (Lipinski definition) is 4. The molecule has 1 amide bonds. The number of amides is 1. The number of carbonyl (C=O) groups excluding carboxylic acids is 1. The first-order valence-corrected chi connectivity index (χ1v) is 6.96. The van der Waals surface area contributed by atoms with Crippen LogP contribution in [0.4, 0.5) is 5.82 Å². The maximum atomic E-state index is 11.9. The normalized spacial score (nSPS) is 19.4. The molecule has 5 nitrogen and oxygen atoms in total. The van der Waals surface area contributed by atoms with E-state index in [1.807, 2.05) is 13.0 Å². The Morgan fingerprint density at radius 1 is 1.53 bits per heavy atom. The van der Waals surface area contributed by atoms with Gasteiger partial charge in [0, 0.05) is 31.4 Å². The molecule has 1 aromatic rings. The third kappa shape index (κ3) is 3.04. The van der Waals surface area contributed by atoms with E-state index < -0.39 is 0 Å². The van der Waals surface area contributed by atoms with Crippen LogP contribution in [0.5, 0.6) is 0 Å². The van der Waals surface area contributed by atoms with Crippen LogP contribution in [-0.2, 0) is 11.3 Å². The summed E-state index contributed by atoms with van der Waals surface area (Å²) in [7, 11) is 0. The number of nitrogens with zero attached hydrogens (tertiary/aromatic N) is 2. The van der Waals surface area contributed by atoms with Gasteiger partial charge in [-0.1, -0.05) is 19.9 Å². The second-order valence-electron chi connectivity index (χ2n) is 4.67. The van der Waals surface area contributed by atoms with Gasteiger partial charge in [0.25, 0.3) is 0 Å². The maximum absolute atomic E-state index is 11.9. The number of rotatable bonds is 5. The van der Waals surface area contributed by atoms with Gasteiger partial charge in [-0.2, -0.15) is 0 Å². The van der Waals surface area contributed by atoms with Gasteiger partial charge in [-0.3, -0.25) is 4.79 Å². The van der Waals surface area contributed by atoms with Gasteiger partial charge in [0.15, 0.2) is 0 Å². The van der Waals surface area contributed by atoms with E-state index in [1.54, 1.807) is 6.20 Å². The smallest absolute Gasteiger partial charge is 0.242 e. The fourth-order valence-electron chi connectivity index (χ4n) is 2.46. The number of piperazine rings is 1. The minimum Gasteiger partial charge on any atom is -0.353 e. The molecule has 0 spiro atoms. The lowest BCUT2D eigenvalue weighted by atomic mass is 10.1. The van der Waals surface area contributed by atoms with Crippen molar-refractivity contribution in [2.24, 2.45) is 0 Å². The van der Waals surface area contributed by atoms with E-state index in [-0.39, 0.29) is 11.9 Å². The molecule has 0 radical (unpaired) electrons. The predicted octanol–water partition coefficient (Wildman–Crippen LogP) is 0.906. The lowest BCUT2D eigenvalue weighted by Gasteiger charge is -2.36. The summed E-state index contributed by atoms with van der Waals surface area (Å²) in [5.74, 6) is 1.04. The number of hydrogen-bond donors (Lipinski definition) is 2. The van der Waals surface area contributed by atoms with Gasteiger partial charge in [-0.15, -0.1) is 0 Å². The average Bonchev–Trinajstić information content (AvgIpc) is 2.45. The van der Waals surface area contributed by atoms with E-state index >= 15 is 0 Å². The molecule has 2 rings (SSSR count). The van der Waals surface area contributed by atoms with Crippen LogP contribution >= 0.6 is 0 Å². The number of anilines is 1. The molecule has 0 aliphatic carbocycles. The molecule has 0 aromatic carbocycles. The summed E-state index contributed by atoms with van der Waals surface area (Å²) in [5, 5.41) is 6.24. The van der Waals surface area contributed by atoms with Gasteiger partial charge in [-0.05, 0) is 19.0 Å². The highest BCUT2D eigenvalue weighted by Gasteiger charge is 2.29. The first-order valence-electron chi connectivity index (χ1n) is 6.96. The second-order valence-corrected chi connectivity index (χ2v) is 4.67. The van der Waals surface area contributed by atoms with Crippen molar-refractivity contribution in [3.05, 3.63) is 23.9 Å². The third-order valence-corrected chi connectivity index (χ3v) is 3.42. The van der Waals surface area contributed by atoms with Crippen LogP contribution < -0.4 is 15.5 Å². The van der Waals surface area contributed by atoms with Crippen molar-refractivity contribution < 1.29 is 4.79 Å². The number of aromatic nitrogens is 1. The van der Waals surface area contributed by atoms with E-state index in [2.05, 4.69) is 33.5 Å². The first kappa shape index (κ1) is 13.8. The summed E-state index contributed by atoms with van der Waals surface area (Å²) in [5.41, 5.74) is 1.15. The topological polar surface area (TPSA) is 57.3 Å². The van der Waals surface area contributed by atoms with Crippen LogP contribution in [0.3, 0.4) is 0 Å². The molecular formula is C14H22N4O. The molecule has 1 aliphatic rings. The molecule has 2 heterocycles. The molecule has 0 bridgehead atoms. The highest BCUT2D eigenvalue weighted by molar-refractivity contribution is 5.86. The molecule has 1 atom stereocenters. The Morgan fingerprint density at radius 3 is 3.11 bits per heavy atom. The van der Waals surface area contributed by atoms with Gasteiger partial charge in [0.05, 0.1) is 0 Å². The number of pyridine rings is 1. The fraction of sp³-hybridized carbons (Fsp3) is 0.571. The summed E-state index contributed by atoms with van der Waals surface area (Å²) in [4.78, 5) is 18.6. The van der Waals surface area contributed by atoms with Crippen LogP contribution in [-0.4, -0.2) is 36.6 Å². The molecule has 1 saturated heterocycles. The van der Waals surface area contributed by atoms with Crippen molar-refractivity contribution in [3.63, 3.8) is 0 Å². The van der Waals surface area contributed by atoms with Crippen molar-refractivity contribution in [1.29, 1.82) is 0 Å². The Balaban J connectivity index is 2.26. The van der Waals surface area contributed by atoms with E-state index in [1.165, 1.54) is 0 Å². The molecule has 2 N–H and O–H groups in total. The zero-order valence-electron chi connectivity index (χ0n) is 11.6. The lowest BCUT2D eigenvalue weighted by Crippen LogP contribution is -2.55. The van der Waals surface area contributed by atoms with Gasteiger partial charge >= 0.3 is 0 Å². The van der Waals surface area contributed by atoms with Gasteiger partial charge in [0.2, 0.25) is 5.91 Å². The van der Waals surface area contributed by atoms with E-state index in [4.69, 9.17) is 0 Å². The van der Waals surface area contributed by atoms with Crippen LogP contribution in [0, 0.1) is 0 Å². The third-order valence-electron chi connectivity index (χ3n) is 3.42. The predicted molar refractivity (Wildman–Crippen MR) is 76.1 cm³/mol. The van der Waals surface area contributed by atoms with E-state index in [0.29, 0.717) is 6.54 Å². The van der Waals surface area contributed by atoms with Crippen molar-refractivity contribution in [2.75, 3.05) is 24.5 Å². The number of nitrogens with one attached hydrogen (secondary N) is 2. The summed E-state index contributed by atoms with van der Waals surface area (Å²) in [6, 6.07) is 3.91. The Labute approximate surface area is 114 Å². The standard InChI is InChI=1S/C14H22N4O/c1-3-12-14(19)17-8-9-18(12)13-11(10-15-4-2)6-5-7-16-13/h5-7,12,15H,3-4,8-10H2,1-2H3,(H,17,19). The Bertz CT molecular complexity index is 435. The minimum atomic E-state index is -0.107. The quantitative estimate of drug-likeness (QED) is 0.828. The largest absolute Gasteiger partial charge is 0.353 e. The first-order chi connectivity index (χ1) is 9.27. The second kappa shape index (κ2) is 6.52. The molecule has 1 fully saturated rings. The molecule has 1 unspecified atom stereocenters. The fourth-order valence-corrected chi connectivity index (χ4v) is 2.46. The Morgan fingerprint density at radius 2 is 2.37 bits per heavy atom. The molecule has 5 heteroatoms. The monoisotopic (exact) mass is 262 g/mol. The van der Waals surface area contributed by atoms with Gasteiger partial charge in [0.1, 0.15) is 11.9 Å². The summed E-state index contributed by atoms with van der Waals surface area (Å²) < 4.78 is 0. The lowest BCUT2D eigenvalue weighted by molar-refractivity contribution is -0.123. The molecule has 104 valence electrons. The molecule has 19 heavy (non-hydrogen) atoms. The van der Waals surface area contributed by atoms with Crippen LogP contribution in [0.15, 0.2) is 18.3 Å². The van der Waals surface area contributed by atoms with E-state index in [0.717, 1.165) is 37.4 Å². The van der Waals surface area contributed by atoms with Crippen LogP contribution in [0.1, 0.15) is 25.8 Å². The zero-order valence-corrected chi connectivity index (χ0v) is 11.6. The summed E-state index contributed by atoms with van der Waals surface area (Å²) >= 11 is 0. The SMILES string of the molecule is CCNCc1cccnc1N1CCNC(=O)C1CC.